The molecule has 0 atom stereocenters. The Labute approximate surface area is 118 Å². The zero-order valence-corrected chi connectivity index (χ0v) is 11.4. The van der Waals surface area contributed by atoms with E-state index in [2.05, 4.69) is 10.1 Å². The van der Waals surface area contributed by atoms with E-state index in [4.69, 9.17) is 11.6 Å². The standard InChI is InChI=1S/C8H8O2.C6H10ClNO/c9-7-10-6-8-4-2-1-3-5-8;7-6(9)5-1-3-8-4-2-5/h1-5,7H,6H2;5,8H,1-4H2. The van der Waals surface area contributed by atoms with Crippen LogP contribution >= 0.6 is 11.6 Å². The summed E-state index contributed by atoms with van der Waals surface area (Å²) in [6, 6.07) is 9.55. The van der Waals surface area contributed by atoms with Gasteiger partial charge in [0.25, 0.3) is 6.47 Å². The number of carbonyl (C=O) groups is 2. The van der Waals surface area contributed by atoms with Gasteiger partial charge in [-0.15, -0.1) is 0 Å². The largest absolute Gasteiger partial charge is 0.463 e. The monoisotopic (exact) mass is 283 g/mol. The van der Waals surface area contributed by atoms with E-state index < -0.39 is 0 Å². The van der Waals surface area contributed by atoms with Crippen LogP contribution in [0.25, 0.3) is 0 Å². The molecule has 2 rings (SSSR count). The lowest BCUT2D eigenvalue weighted by atomic mass is 10.0. The summed E-state index contributed by atoms with van der Waals surface area (Å²) < 4.78 is 4.54. The number of hydrogen-bond donors (Lipinski definition) is 1. The van der Waals surface area contributed by atoms with Gasteiger partial charge in [-0.1, -0.05) is 30.3 Å². The third-order valence-electron chi connectivity index (χ3n) is 2.82. The molecule has 0 radical (unpaired) electrons. The predicted molar refractivity (Wildman–Crippen MR) is 73.7 cm³/mol. The Kier molecular flexibility index (Phi) is 7.86. The van der Waals surface area contributed by atoms with Crippen LogP contribution in [0.1, 0.15) is 18.4 Å². The average molecular weight is 284 g/mol. The number of carbonyl (C=O) groups excluding carboxylic acids is 2. The Morgan fingerprint density at radius 2 is 1.95 bits per heavy atom. The van der Waals surface area contributed by atoms with Crippen LogP contribution < -0.4 is 5.32 Å². The normalized spacial score (nSPS) is 15.0. The van der Waals surface area contributed by atoms with Crippen LogP contribution in [0.2, 0.25) is 0 Å². The van der Waals surface area contributed by atoms with Crippen molar-refractivity contribution in [3.63, 3.8) is 0 Å². The van der Waals surface area contributed by atoms with Gasteiger partial charge in [0.1, 0.15) is 6.61 Å². The van der Waals surface area contributed by atoms with E-state index in [1.54, 1.807) is 0 Å². The van der Waals surface area contributed by atoms with Crippen molar-refractivity contribution in [1.82, 2.24) is 5.32 Å². The Balaban J connectivity index is 0.000000191. The van der Waals surface area contributed by atoms with Gasteiger partial charge in [-0.2, -0.15) is 0 Å². The van der Waals surface area contributed by atoms with Crippen molar-refractivity contribution >= 4 is 23.3 Å². The fourth-order valence-electron chi connectivity index (χ4n) is 1.75. The molecule has 0 unspecified atom stereocenters. The third kappa shape index (κ3) is 6.94. The molecule has 0 spiro atoms. The fraction of sp³-hybridized carbons (Fsp3) is 0.429. The maximum atomic E-state index is 10.5. The molecule has 1 heterocycles. The minimum absolute atomic E-state index is 0.118. The van der Waals surface area contributed by atoms with Crippen LogP contribution in [0.3, 0.4) is 0 Å². The zero-order valence-electron chi connectivity index (χ0n) is 10.7. The number of benzene rings is 1. The van der Waals surface area contributed by atoms with Crippen LogP contribution in [0.4, 0.5) is 0 Å². The topological polar surface area (TPSA) is 55.4 Å². The third-order valence-corrected chi connectivity index (χ3v) is 3.13. The van der Waals surface area contributed by atoms with Crippen LogP contribution in [0.15, 0.2) is 30.3 Å². The average Bonchev–Trinajstić information content (AvgIpc) is 2.48. The Morgan fingerprint density at radius 1 is 1.32 bits per heavy atom. The number of halogens is 1. The van der Waals surface area contributed by atoms with E-state index in [0.29, 0.717) is 13.1 Å². The van der Waals surface area contributed by atoms with Crippen molar-refractivity contribution in [1.29, 1.82) is 0 Å². The minimum Gasteiger partial charge on any atom is -0.463 e. The lowest BCUT2D eigenvalue weighted by Gasteiger charge is -2.18. The smallest absolute Gasteiger partial charge is 0.293 e. The van der Waals surface area contributed by atoms with Crippen LogP contribution in [0.5, 0.6) is 0 Å². The van der Waals surface area contributed by atoms with Crippen molar-refractivity contribution in [2.75, 3.05) is 13.1 Å². The molecule has 1 aromatic carbocycles. The lowest BCUT2D eigenvalue weighted by Crippen LogP contribution is -2.30. The Bertz CT molecular complexity index is 378. The molecule has 1 aromatic rings. The first-order valence-corrected chi connectivity index (χ1v) is 6.61. The zero-order chi connectivity index (χ0) is 13.9. The molecule has 1 aliphatic rings. The highest BCUT2D eigenvalue weighted by Crippen LogP contribution is 2.13. The summed E-state index contributed by atoms with van der Waals surface area (Å²) in [5.41, 5.74) is 1.01. The van der Waals surface area contributed by atoms with Gasteiger partial charge in [-0.25, -0.2) is 0 Å². The highest BCUT2D eigenvalue weighted by Gasteiger charge is 2.18. The van der Waals surface area contributed by atoms with Gasteiger partial charge in [-0.05, 0) is 43.1 Å². The van der Waals surface area contributed by atoms with E-state index in [0.717, 1.165) is 31.5 Å². The highest BCUT2D eigenvalue weighted by molar-refractivity contribution is 6.63. The van der Waals surface area contributed by atoms with Gasteiger partial charge in [0.2, 0.25) is 5.24 Å². The van der Waals surface area contributed by atoms with Gasteiger partial charge < -0.3 is 10.1 Å². The molecular weight excluding hydrogens is 266 g/mol. The molecule has 19 heavy (non-hydrogen) atoms. The molecule has 1 N–H and O–H groups in total. The fourth-order valence-corrected chi connectivity index (χ4v) is 1.97. The van der Waals surface area contributed by atoms with Gasteiger partial charge in [-0.3, -0.25) is 9.59 Å². The van der Waals surface area contributed by atoms with Crippen molar-refractivity contribution in [3.8, 4) is 0 Å². The van der Waals surface area contributed by atoms with Crippen LogP contribution in [-0.4, -0.2) is 24.8 Å². The highest BCUT2D eigenvalue weighted by atomic mass is 35.5. The summed E-state index contributed by atoms with van der Waals surface area (Å²) in [6.07, 6.45) is 1.81. The maximum Gasteiger partial charge on any atom is 0.293 e. The van der Waals surface area contributed by atoms with Crippen molar-refractivity contribution in [2.24, 2.45) is 5.92 Å². The second-order valence-electron chi connectivity index (χ2n) is 4.22. The summed E-state index contributed by atoms with van der Waals surface area (Å²) in [7, 11) is 0. The number of hydrogen-bond acceptors (Lipinski definition) is 4. The quantitative estimate of drug-likeness (QED) is 0.679. The minimum atomic E-state index is -0.170. The summed E-state index contributed by atoms with van der Waals surface area (Å²) in [5, 5.41) is 2.99. The predicted octanol–water partition coefficient (Wildman–Crippen LogP) is 2.11. The first kappa shape index (κ1) is 15.7. The molecule has 0 aliphatic carbocycles. The number of ether oxygens (including phenoxy) is 1. The molecule has 4 nitrogen and oxygen atoms in total. The van der Waals surface area contributed by atoms with E-state index in [1.165, 1.54) is 0 Å². The number of nitrogens with one attached hydrogen (secondary N) is 1. The van der Waals surface area contributed by atoms with Crippen molar-refractivity contribution in [3.05, 3.63) is 35.9 Å². The molecule has 0 saturated carbocycles. The summed E-state index contributed by atoms with van der Waals surface area (Å²) in [4.78, 5) is 20.3. The molecule has 1 fully saturated rings. The van der Waals surface area contributed by atoms with Crippen LogP contribution in [-0.2, 0) is 20.9 Å². The SMILES string of the molecule is O=C(Cl)C1CCNCC1.O=COCc1ccccc1. The maximum absolute atomic E-state index is 10.5. The molecule has 5 heteroatoms. The van der Waals surface area contributed by atoms with Gasteiger partial charge >= 0.3 is 0 Å². The molecule has 0 bridgehead atoms. The molecule has 1 aliphatic heterocycles. The van der Waals surface area contributed by atoms with Gasteiger partial charge in [0.05, 0.1) is 0 Å². The van der Waals surface area contributed by atoms with Gasteiger partial charge in [0, 0.05) is 5.92 Å². The van der Waals surface area contributed by atoms with E-state index in [1.807, 2.05) is 30.3 Å². The van der Waals surface area contributed by atoms with E-state index in [-0.39, 0.29) is 11.2 Å². The second-order valence-corrected chi connectivity index (χ2v) is 4.59. The summed E-state index contributed by atoms with van der Waals surface area (Å²) >= 11 is 5.29. The lowest BCUT2D eigenvalue weighted by molar-refractivity contribution is -0.129. The number of rotatable bonds is 4. The summed E-state index contributed by atoms with van der Waals surface area (Å²) in [6.45, 7) is 2.68. The number of piperidine rings is 1. The van der Waals surface area contributed by atoms with E-state index >= 15 is 0 Å². The van der Waals surface area contributed by atoms with Gasteiger partial charge in [0.15, 0.2) is 0 Å². The van der Waals surface area contributed by atoms with Crippen molar-refractivity contribution in [2.45, 2.75) is 19.4 Å². The molecular formula is C14H18ClNO3. The molecule has 1 saturated heterocycles. The molecule has 0 aromatic heterocycles. The van der Waals surface area contributed by atoms with Crippen LogP contribution in [0, 0.1) is 5.92 Å². The Morgan fingerprint density at radius 3 is 2.42 bits per heavy atom. The second kappa shape index (κ2) is 9.53. The summed E-state index contributed by atoms with van der Waals surface area (Å²) in [5.74, 6) is 0.118. The Hall–Kier alpha value is -1.39. The first-order chi connectivity index (χ1) is 9.24. The van der Waals surface area contributed by atoms with E-state index in [9.17, 15) is 9.59 Å². The van der Waals surface area contributed by atoms with Crippen molar-refractivity contribution < 1.29 is 14.3 Å². The first-order valence-electron chi connectivity index (χ1n) is 6.23. The molecule has 104 valence electrons. The molecule has 0 amide bonds.